The number of pyridine rings is 1. The molecular formula is C46H44N3O2Pt-3. The van der Waals surface area contributed by atoms with Crippen LogP contribution in [0.1, 0.15) is 63.8 Å². The number of aromatic nitrogens is 1. The van der Waals surface area contributed by atoms with Crippen molar-refractivity contribution in [2.75, 3.05) is 9.80 Å². The first-order chi connectivity index (χ1) is 24.3. The molecule has 0 amide bonds. The van der Waals surface area contributed by atoms with E-state index in [1.54, 1.807) is 6.20 Å². The zero-order chi connectivity index (χ0) is 35.9. The Kier molecular flexibility index (Phi) is 10.4. The maximum absolute atomic E-state index is 6.71. The van der Waals surface area contributed by atoms with Gasteiger partial charge in [-0.2, -0.15) is 0 Å². The van der Waals surface area contributed by atoms with Crippen LogP contribution in [0.25, 0.3) is 11.1 Å². The zero-order valence-electron chi connectivity index (χ0n) is 31.0. The molecule has 0 bridgehead atoms. The van der Waals surface area contributed by atoms with Gasteiger partial charge in [-0.15, -0.1) is 53.8 Å². The van der Waals surface area contributed by atoms with Gasteiger partial charge in [-0.25, -0.2) is 4.98 Å². The summed E-state index contributed by atoms with van der Waals surface area (Å²) in [6.07, 6.45) is 1.79. The summed E-state index contributed by atoms with van der Waals surface area (Å²) in [7, 11) is 0. The molecule has 268 valence electrons. The molecule has 6 heteroatoms. The van der Waals surface area contributed by atoms with Gasteiger partial charge in [0.05, 0.1) is 0 Å². The molecule has 5 aromatic carbocycles. The number of rotatable bonds is 7. The van der Waals surface area contributed by atoms with Crippen molar-refractivity contribution >= 4 is 22.7 Å². The van der Waals surface area contributed by atoms with Gasteiger partial charge in [-0.1, -0.05) is 96.1 Å². The SMILES string of the molecule is Cc1cc2c(cc1C)N(c1ccccc1)[CH-]N2c1[c-]c(Oc2[c-]c(Oc3cc(C(C)(C)C)ccn3)cc(-c3ccccc3)c2)cc(C(C)(C)C)c1.[Pt]. The van der Waals surface area contributed by atoms with Crippen LogP contribution in [0.2, 0.25) is 0 Å². The summed E-state index contributed by atoms with van der Waals surface area (Å²) in [6.45, 7) is 19.6. The number of hydrogen-bond donors (Lipinski definition) is 0. The quantitative estimate of drug-likeness (QED) is 0.150. The largest absolute Gasteiger partial charge is 0.509 e. The van der Waals surface area contributed by atoms with Gasteiger partial charge in [-0.3, -0.25) is 0 Å². The van der Waals surface area contributed by atoms with Gasteiger partial charge in [-0.05, 0) is 77.3 Å². The minimum Gasteiger partial charge on any atom is -0.509 e. The molecule has 0 N–H and O–H groups in total. The number of fused-ring (bicyclic) bond motifs is 1. The molecule has 5 nitrogen and oxygen atoms in total. The normalized spacial score (nSPS) is 12.7. The fraction of sp³-hybridized carbons (Fsp3) is 0.217. The maximum atomic E-state index is 6.71. The van der Waals surface area contributed by atoms with Crippen LogP contribution in [0.5, 0.6) is 23.1 Å². The van der Waals surface area contributed by atoms with Crippen molar-refractivity contribution in [1.29, 1.82) is 0 Å². The molecule has 6 aromatic rings. The number of hydrogen-bond acceptors (Lipinski definition) is 5. The molecular weight excluding hydrogens is 822 g/mol. The summed E-state index contributed by atoms with van der Waals surface area (Å²) >= 11 is 0. The minimum atomic E-state index is -0.152. The summed E-state index contributed by atoms with van der Waals surface area (Å²) < 4.78 is 13.1. The second-order valence-electron chi connectivity index (χ2n) is 15.3. The second-order valence-corrected chi connectivity index (χ2v) is 15.3. The van der Waals surface area contributed by atoms with E-state index in [0.29, 0.717) is 23.1 Å². The first-order valence-electron chi connectivity index (χ1n) is 17.4. The van der Waals surface area contributed by atoms with Crippen molar-refractivity contribution in [2.24, 2.45) is 0 Å². The number of anilines is 4. The van der Waals surface area contributed by atoms with Crippen LogP contribution < -0.4 is 19.3 Å². The molecule has 0 radical (unpaired) electrons. The van der Waals surface area contributed by atoms with Crippen molar-refractivity contribution < 1.29 is 30.5 Å². The summed E-state index contributed by atoms with van der Waals surface area (Å²) in [5.41, 5.74) is 10.7. The van der Waals surface area contributed by atoms with Crippen LogP contribution in [0.4, 0.5) is 22.7 Å². The summed E-state index contributed by atoms with van der Waals surface area (Å²) in [5.74, 6) is 2.14. The second kappa shape index (κ2) is 14.6. The number of para-hydroxylation sites is 1. The Morgan fingerprint density at radius 3 is 1.79 bits per heavy atom. The van der Waals surface area contributed by atoms with E-state index < -0.39 is 0 Å². The van der Waals surface area contributed by atoms with E-state index in [-0.39, 0.29) is 31.9 Å². The molecule has 0 spiro atoms. The fourth-order valence-electron chi connectivity index (χ4n) is 6.13. The molecule has 1 aromatic heterocycles. The van der Waals surface area contributed by atoms with E-state index in [1.807, 2.05) is 48.5 Å². The predicted molar refractivity (Wildman–Crippen MR) is 209 cm³/mol. The molecule has 1 aliphatic heterocycles. The molecule has 0 saturated carbocycles. The van der Waals surface area contributed by atoms with Crippen LogP contribution in [-0.4, -0.2) is 4.98 Å². The molecule has 0 fully saturated rings. The van der Waals surface area contributed by atoms with Gasteiger partial charge in [0, 0.05) is 67.6 Å². The zero-order valence-corrected chi connectivity index (χ0v) is 33.3. The van der Waals surface area contributed by atoms with Crippen LogP contribution in [0, 0.1) is 32.6 Å². The third-order valence-corrected chi connectivity index (χ3v) is 9.29. The Morgan fingerprint density at radius 1 is 0.577 bits per heavy atom. The third-order valence-electron chi connectivity index (χ3n) is 9.29. The topological polar surface area (TPSA) is 37.8 Å². The van der Waals surface area contributed by atoms with Gasteiger partial charge in [0.15, 0.2) is 0 Å². The number of nitrogens with zero attached hydrogens (tertiary/aromatic N) is 3. The number of benzene rings is 5. The Hall–Kier alpha value is -4.86. The van der Waals surface area contributed by atoms with Crippen LogP contribution >= 0.6 is 0 Å². The molecule has 7 rings (SSSR count). The third kappa shape index (κ3) is 7.96. The van der Waals surface area contributed by atoms with E-state index in [2.05, 4.69) is 150 Å². The van der Waals surface area contributed by atoms with Crippen molar-refractivity contribution in [2.45, 2.75) is 66.2 Å². The first kappa shape index (κ1) is 36.9. The summed E-state index contributed by atoms with van der Waals surface area (Å²) in [4.78, 5) is 8.97. The molecule has 2 heterocycles. The van der Waals surface area contributed by atoms with E-state index in [4.69, 9.17) is 9.47 Å². The number of aryl methyl sites for hydroxylation is 2. The Labute approximate surface area is 323 Å². The Balaban J connectivity index is 0.00000464. The Morgan fingerprint density at radius 2 is 1.15 bits per heavy atom. The maximum Gasteiger partial charge on any atom is 0.216 e. The predicted octanol–water partition coefficient (Wildman–Crippen LogP) is 12.6. The van der Waals surface area contributed by atoms with Crippen LogP contribution in [0.15, 0.2) is 115 Å². The van der Waals surface area contributed by atoms with Crippen molar-refractivity contribution in [3.05, 3.63) is 156 Å². The van der Waals surface area contributed by atoms with Gasteiger partial charge in [0.25, 0.3) is 0 Å². The monoisotopic (exact) mass is 865 g/mol. The van der Waals surface area contributed by atoms with Crippen LogP contribution in [-0.2, 0) is 31.9 Å². The van der Waals surface area contributed by atoms with E-state index in [0.717, 1.165) is 45.0 Å². The van der Waals surface area contributed by atoms with Gasteiger partial charge < -0.3 is 19.3 Å². The molecule has 0 atom stereocenters. The average molecular weight is 866 g/mol. The van der Waals surface area contributed by atoms with E-state index in [1.165, 1.54) is 11.1 Å². The molecule has 52 heavy (non-hydrogen) atoms. The summed E-state index contributed by atoms with van der Waals surface area (Å²) in [6, 6.07) is 44.5. The van der Waals surface area contributed by atoms with Crippen molar-refractivity contribution in [1.82, 2.24) is 4.98 Å². The molecule has 1 aliphatic rings. The average Bonchev–Trinajstić information content (AvgIpc) is 3.46. The van der Waals surface area contributed by atoms with Crippen molar-refractivity contribution in [3.63, 3.8) is 0 Å². The van der Waals surface area contributed by atoms with E-state index in [9.17, 15) is 0 Å². The van der Waals surface area contributed by atoms with Crippen LogP contribution in [0.3, 0.4) is 0 Å². The molecule has 0 aliphatic carbocycles. The molecule has 0 unspecified atom stereocenters. The van der Waals surface area contributed by atoms with Gasteiger partial charge in [0.2, 0.25) is 5.88 Å². The smallest absolute Gasteiger partial charge is 0.216 e. The number of ether oxygens (including phenoxy) is 2. The van der Waals surface area contributed by atoms with Crippen molar-refractivity contribution in [3.8, 4) is 34.3 Å². The van der Waals surface area contributed by atoms with E-state index >= 15 is 0 Å². The van der Waals surface area contributed by atoms with Gasteiger partial charge in [0.1, 0.15) is 0 Å². The minimum absolute atomic E-state index is 0. The Bertz CT molecular complexity index is 2190. The van der Waals surface area contributed by atoms with Gasteiger partial charge >= 0.3 is 0 Å². The fourth-order valence-corrected chi connectivity index (χ4v) is 6.13. The first-order valence-corrected chi connectivity index (χ1v) is 17.4. The molecule has 0 saturated heterocycles. The standard InChI is InChI=1S/C46H44N3O2.Pt/c1-31-21-42-43(22-32(31)2)49(30-48(42)37-17-13-10-14-18-37)38-25-36(46(6,7)8)26-41(28-38)50-39-23-34(33-15-11-9-12-16-33)24-40(29-39)51-44-27-35(19-20-47-44)45(3,4)5;/h9-27,30H,1-8H3;/q-3;. The summed E-state index contributed by atoms with van der Waals surface area (Å²) in [5, 5.41) is 0.